The number of rotatable bonds is 6. The van der Waals surface area contributed by atoms with Crippen LogP contribution in [-0.2, 0) is 10.0 Å². The van der Waals surface area contributed by atoms with Crippen molar-refractivity contribution in [3.8, 4) is 0 Å². The molecule has 3 fully saturated rings. The number of likely N-dealkylation sites (tertiary alicyclic amines) is 1. The fourth-order valence-electron chi connectivity index (χ4n) is 5.14. The van der Waals surface area contributed by atoms with Gasteiger partial charge in [0, 0.05) is 48.4 Å². The van der Waals surface area contributed by atoms with E-state index < -0.39 is 10.0 Å². The molecule has 9 nitrogen and oxygen atoms in total. The van der Waals surface area contributed by atoms with Gasteiger partial charge in [-0.1, -0.05) is 11.6 Å². The van der Waals surface area contributed by atoms with E-state index in [0.29, 0.717) is 17.5 Å². The van der Waals surface area contributed by atoms with Crippen LogP contribution in [0.3, 0.4) is 0 Å². The summed E-state index contributed by atoms with van der Waals surface area (Å²) in [5.41, 5.74) is 3.21. The molecule has 0 spiro atoms. The number of nitrogens with one attached hydrogen (secondary N) is 1. The van der Waals surface area contributed by atoms with E-state index in [1.165, 1.54) is 31.4 Å². The van der Waals surface area contributed by atoms with Gasteiger partial charge in [-0.25, -0.2) is 13.4 Å². The molecular weight excluding hydrogens is 500 g/mol. The van der Waals surface area contributed by atoms with E-state index >= 15 is 0 Å². The fraction of sp³-hybridized carbons (Fsp3) is 0.480. The molecule has 2 aliphatic heterocycles. The minimum Gasteiger partial charge on any atom is -0.356 e. The van der Waals surface area contributed by atoms with Crippen molar-refractivity contribution >= 4 is 44.7 Å². The number of carbonyl (C=O) groups excluding carboxylic acids is 1. The van der Waals surface area contributed by atoms with Crippen molar-refractivity contribution in [1.82, 2.24) is 19.5 Å². The molecule has 4 heterocycles. The van der Waals surface area contributed by atoms with E-state index in [0.717, 1.165) is 61.5 Å². The van der Waals surface area contributed by atoms with Crippen molar-refractivity contribution in [2.45, 2.75) is 50.5 Å². The fourth-order valence-corrected chi connectivity index (χ4v) is 5.89. The van der Waals surface area contributed by atoms with Crippen molar-refractivity contribution in [2.24, 2.45) is 0 Å². The van der Waals surface area contributed by atoms with Crippen LogP contribution >= 0.6 is 11.6 Å². The van der Waals surface area contributed by atoms with Crippen LogP contribution in [0.15, 0.2) is 30.3 Å². The van der Waals surface area contributed by atoms with Crippen LogP contribution in [0, 0.1) is 0 Å². The SMILES string of the molecule is CS(=O)(=O)Nc1ccc(Cl)cc1C(=O)N1CCCCC1c1cc2nc(C3CC3)cc(N3CCC3)n2n1. The molecule has 1 unspecified atom stereocenters. The second-order valence-corrected chi connectivity index (χ2v) is 12.3. The zero-order chi connectivity index (χ0) is 25.0. The highest BCUT2D eigenvalue weighted by molar-refractivity contribution is 7.92. The zero-order valence-electron chi connectivity index (χ0n) is 20.2. The lowest BCUT2D eigenvalue weighted by molar-refractivity contribution is 0.0607. The average molecular weight is 529 g/mol. The Balaban J connectivity index is 1.38. The molecule has 2 aromatic heterocycles. The first-order chi connectivity index (χ1) is 17.3. The van der Waals surface area contributed by atoms with E-state index in [-0.39, 0.29) is 23.2 Å². The Morgan fingerprint density at radius 3 is 2.53 bits per heavy atom. The molecule has 190 valence electrons. The number of hydrogen-bond donors (Lipinski definition) is 1. The monoisotopic (exact) mass is 528 g/mol. The lowest BCUT2D eigenvalue weighted by Gasteiger charge is -2.35. The topological polar surface area (TPSA) is 99.9 Å². The van der Waals surface area contributed by atoms with Crippen LogP contribution in [0.1, 0.15) is 72.2 Å². The van der Waals surface area contributed by atoms with Gasteiger partial charge in [0.1, 0.15) is 5.82 Å². The first kappa shape index (κ1) is 23.5. The summed E-state index contributed by atoms with van der Waals surface area (Å²) in [6, 6.07) is 8.59. The van der Waals surface area contributed by atoms with Crippen LogP contribution in [-0.4, -0.2) is 59.7 Å². The first-order valence-corrected chi connectivity index (χ1v) is 14.8. The maximum atomic E-state index is 13.8. The van der Waals surface area contributed by atoms with Crippen molar-refractivity contribution in [2.75, 3.05) is 35.5 Å². The quantitative estimate of drug-likeness (QED) is 0.514. The number of nitrogens with zero attached hydrogens (tertiary/aromatic N) is 5. The number of halogens is 1. The summed E-state index contributed by atoms with van der Waals surface area (Å²) in [6.45, 7) is 2.58. The maximum Gasteiger partial charge on any atom is 0.256 e. The van der Waals surface area contributed by atoms with Crippen molar-refractivity contribution < 1.29 is 13.2 Å². The van der Waals surface area contributed by atoms with E-state index in [2.05, 4.69) is 15.7 Å². The molecule has 3 aliphatic rings. The Labute approximate surface area is 215 Å². The molecule has 11 heteroatoms. The number of sulfonamides is 1. The molecule has 1 aliphatic carbocycles. The second kappa shape index (κ2) is 8.92. The lowest BCUT2D eigenvalue weighted by Crippen LogP contribution is -2.39. The highest BCUT2D eigenvalue weighted by Crippen LogP contribution is 2.41. The molecular formula is C25H29ClN6O3S. The molecule has 0 bridgehead atoms. The summed E-state index contributed by atoms with van der Waals surface area (Å²) < 4.78 is 28.2. The summed E-state index contributed by atoms with van der Waals surface area (Å²) in [5, 5.41) is 5.34. The Morgan fingerprint density at radius 2 is 1.83 bits per heavy atom. The first-order valence-electron chi connectivity index (χ1n) is 12.5. The predicted octanol–water partition coefficient (Wildman–Crippen LogP) is 4.21. The molecule has 1 N–H and O–H groups in total. The van der Waals surface area contributed by atoms with E-state index in [1.54, 1.807) is 11.0 Å². The van der Waals surface area contributed by atoms with E-state index in [9.17, 15) is 13.2 Å². The van der Waals surface area contributed by atoms with Crippen molar-refractivity contribution in [1.29, 1.82) is 0 Å². The molecule has 1 aromatic carbocycles. The Morgan fingerprint density at radius 1 is 1.03 bits per heavy atom. The van der Waals surface area contributed by atoms with Gasteiger partial charge in [-0.3, -0.25) is 9.52 Å². The van der Waals surface area contributed by atoms with Gasteiger partial charge < -0.3 is 9.80 Å². The molecule has 1 amide bonds. The highest BCUT2D eigenvalue weighted by atomic mass is 35.5. The van der Waals surface area contributed by atoms with Gasteiger partial charge in [0.2, 0.25) is 10.0 Å². The Hall–Kier alpha value is -2.85. The third-order valence-electron chi connectivity index (χ3n) is 7.24. The Bertz CT molecular complexity index is 1450. The van der Waals surface area contributed by atoms with Gasteiger partial charge in [-0.05, 0) is 56.7 Å². The second-order valence-electron chi connectivity index (χ2n) is 10.1. The number of fused-ring (bicyclic) bond motifs is 1. The van der Waals surface area contributed by atoms with Crippen molar-refractivity contribution in [3.63, 3.8) is 0 Å². The minimum absolute atomic E-state index is 0.224. The van der Waals surface area contributed by atoms with Gasteiger partial charge in [0.15, 0.2) is 5.65 Å². The number of piperidine rings is 1. The van der Waals surface area contributed by atoms with Gasteiger partial charge in [-0.2, -0.15) is 9.61 Å². The molecule has 1 atom stereocenters. The summed E-state index contributed by atoms with van der Waals surface area (Å²) >= 11 is 6.21. The molecule has 3 aromatic rings. The maximum absolute atomic E-state index is 13.8. The highest BCUT2D eigenvalue weighted by Gasteiger charge is 2.34. The van der Waals surface area contributed by atoms with Crippen LogP contribution in [0.4, 0.5) is 11.5 Å². The summed E-state index contributed by atoms with van der Waals surface area (Å²) in [6.07, 6.45) is 7.22. The smallest absolute Gasteiger partial charge is 0.256 e. The minimum atomic E-state index is -3.57. The lowest BCUT2D eigenvalue weighted by atomic mass is 9.98. The average Bonchev–Trinajstić information content (AvgIpc) is 3.56. The van der Waals surface area contributed by atoms with Gasteiger partial charge in [0.05, 0.1) is 29.2 Å². The molecule has 0 radical (unpaired) electrons. The summed E-state index contributed by atoms with van der Waals surface area (Å²) in [5.74, 6) is 1.34. The predicted molar refractivity (Wildman–Crippen MR) is 139 cm³/mol. The molecule has 1 saturated carbocycles. The van der Waals surface area contributed by atoms with Crippen LogP contribution in [0.5, 0.6) is 0 Å². The zero-order valence-corrected chi connectivity index (χ0v) is 21.7. The van der Waals surface area contributed by atoms with E-state index in [4.69, 9.17) is 21.7 Å². The largest absolute Gasteiger partial charge is 0.356 e. The Kier molecular flexibility index (Phi) is 5.83. The number of anilines is 2. The standard InChI is InChI=1S/C25H29ClN6O3S/c1-36(34,35)29-19-9-8-17(26)13-18(19)25(33)31-12-3-2-5-22(31)21-14-23-27-20(16-6-7-16)15-24(32(23)28-21)30-10-4-11-30/h8-9,13-16,22,29H,2-7,10-12H2,1H3. The summed E-state index contributed by atoms with van der Waals surface area (Å²) in [4.78, 5) is 22.9. The molecule has 36 heavy (non-hydrogen) atoms. The van der Waals surface area contributed by atoms with Crippen LogP contribution < -0.4 is 9.62 Å². The van der Waals surface area contributed by atoms with Crippen LogP contribution in [0.25, 0.3) is 5.65 Å². The number of carbonyl (C=O) groups is 1. The summed E-state index contributed by atoms with van der Waals surface area (Å²) in [7, 11) is -3.57. The van der Waals surface area contributed by atoms with Gasteiger partial charge in [-0.15, -0.1) is 0 Å². The van der Waals surface area contributed by atoms with Gasteiger partial charge in [0.25, 0.3) is 5.91 Å². The van der Waals surface area contributed by atoms with E-state index in [1.807, 2.05) is 10.6 Å². The molecule has 2 saturated heterocycles. The van der Waals surface area contributed by atoms with Crippen LogP contribution in [0.2, 0.25) is 5.02 Å². The van der Waals surface area contributed by atoms with Crippen molar-refractivity contribution in [3.05, 3.63) is 52.3 Å². The number of amides is 1. The normalized spacial score (nSPS) is 20.4. The number of hydrogen-bond acceptors (Lipinski definition) is 6. The van der Waals surface area contributed by atoms with Gasteiger partial charge >= 0.3 is 0 Å². The number of aromatic nitrogens is 3. The third kappa shape index (κ3) is 4.52. The third-order valence-corrected chi connectivity index (χ3v) is 8.06. The number of benzene rings is 1. The molecule has 6 rings (SSSR count).